The van der Waals surface area contributed by atoms with Crippen molar-refractivity contribution in [3.63, 3.8) is 0 Å². The molecular weight excluding hydrogens is 438 g/mol. The SMILES string of the molecule is Cc1ccc(Cn2cnc3c2c(=O)n(Cc2ccccc2F)c(=O)n3-c2ccc(F)cc2)cc1. The fourth-order valence-corrected chi connectivity index (χ4v) is 3.95. The van der Waals surface area contributed by atoms with Crippen LogP contribution in [0.2, 0.25) is 0 Å². The predicted octanol–water partition coefficient (Wildman–Crippen LogP) is 4.03. The minimum Gasteiger partial charge on any atom is -0.320 e. The van der Waals surface area contributed by atoms with E-state index in [0.717, 1.165) is 15.7 Å². The lowest BCUT2D eigenvalue weighted by atomic mass is 10.1. The van der Waals surface area contributed by atoms with Crippen molar-refractivity contribution in [2.45, 2.75) is 20.0 Å². The quantitative estimate of drug-likeness (QED) is 0.400. The normalized spacial score (nSPS) is 11.3. The summed E-state index contributed by atoms with van der Waals surface area (Å²) in [6, 6.07) is 19.2. The Morgan fingerprint density at radius 3 is 2.26 bits per heavy atom. The Morgan fingerprint density at radius 1 is 0.853 bits per heavy atom. The Balaban J connectivity index is 1.75. The molecule has 0 saturated heterocycles. The van der Waals surface area contributed by atoms with Gasteiger partial charge in [0.25, 0.3) is 5.56 Å². The van der Waals surface area contributed by atoms with Crippen LogP contribution in [0.15, 0.2) is 88.7 Å². The van der Waals surface area contributed by atoms with Crippen molar-refractivity contribution in [2.75, 3.05) is 0 Å². The van der Waals surface area contributed by atoms with E-state index in [9.17, 15) is 18.4 Å². The van der Waals surface area contributed by atoms with Gasteiger partial charge in [0.15, 0.2) is 11.2 Å². The number of fused-ring (bicyclic) bond motifs is 1. The second-order valence-electron chi connectivity index (χ2n) is 8.11. The summed E-state index contributed by atoms with van der Waals surface area (Å²) in [5.41, 5.74) is 1.69. The highest BCUT2D eigenvalue weighted by atomic mass is 19.1. The van der Waals surface area contributed by atoms with Crippen LogP contribution in [0.3, 0.4) is 0 Å². The number of nitrogens with zero attached hydrogens (tertiary/aromatic N) is 4. The van der Waals surface area contributed by atoms with E-state index in [0.29, 0.717) is 12.2 Å². The third kappa shape index (κ3) is 3.83. The lowest BCUT2D eigenvalue weighted by Gasteiger charge is -2.13. The number of halogens is 2. The van der Waals surface area contributed by atoms with Gasteiger partial charge in [-0.1, -0.05) is 48.0 Å². The zero-order chi connectivity index (χ0) is 23.8. The maximum atomic E-state index is 14.4. The van der Waals surface area contributed by atoms with Gasteiger partial charge < -0.3 is 4.57 Å². The Kier molecular flexibility index (Phi) is 5.41. The Labute approximate surface area is 193 Å². The van der Waals surface area contributed by atoms with Crippen molar-refractivity contribution in [3.05, 3.63) is 128 Å². The van der Waals surface area contributed by atoms with Crippen LogP contribution in [-0.2, 0) is 13.1 Å². The molecule has 3 aromatic carbocycles. The van der Waals surface area contributed by atoms with Crippen molar-refractivity contribution in [1.82, 2.24) is 18.7 Å². The summed E-state index contributed by atoms with van der Waals surface area (Å²) in [7, 11) is 0. The van der Waals surface area contributed by atoms with Crippen molar-refractivity contribution in [2.24, 2.45) is 0 Å². The molecule has 0 amide bonds. The molecule has 8 heteroatoms. The third-order valence-electron chi connectivity index (χ3n) is 5.74. The fourth-order valence-electron chi connectivity index (χ4n) is 3.95. The zero-order valence-corrected chi connectivity index (χ0v) is 18.3. The summed E-state index contributed by atoms with van der Waals surface area (Å²) in [6.45, 7) is 2.09. The number of hydrogen-bond donors (Lipinski definition) is 0. The predicted molar refractivity (Wildman–Crippen MR) is 125 cm³/mol. The van der Waals surface area contributed by atoms with E-state index in [-0.39, 0.29) is 23.3 Å². The minimum absolute atomic E-state index is 0.151. The van der Waals surface area contributed by atoms with Gasteiger partial charge in [0.1, 0.15) is 11.6 Å². The fraction of sp³-hybridized carbons (Fsp3) is 0.115. The van der Waals surface area contributed by atoms with E-state index in [1.165, 1.54) is 53.4 Å². The van der Waals surface area contributed by atoms with E-state index >= 15 is 0 Å². The van der Waals surface area contributed by atoms with Gasteiger partial charge in [0.05, 0.1) is 18.6 Å². The first-order valence-corrected chi connectivity index (χ1v) is 10.7. The molecule has 0 unspecified atom stereocenters. The molecule has 0 N–H and O–H groups in total. The van der Waals surface area contributed by atoms with Crippen molar-refractivity contribution >= 4 is 11.2 Å². The first-order valence-electron chi connectivity index (χ1n) is 10.7. The second-order valence-corrected chi connectivity index (χ2v) is 8.11. The molecule has 5 rings (SSSR count). The molecule has 5 aromatic rings. The lowest BCUT2D eigenvalue weighted by molar-refractivity contribution is 0.586. The number of rotatable bonds is 5. The van der Waals surface area contributed by atoms with Gasteiger partial charge in [-0.3, -0.25) is 9.36 Å². The van der Waals surface area contributed by atoms with Crippen LogP contribution in [0.4, 0.5) is 8.78 Å². The summed E-state index contributed by atoms with van der Waals surface area (Å²) >= 11 is 0. The number of imidazole rings is 1. The monoisotopic (exact) mass is 458 g/mol. The van der Waals surface area contributed by atoms with Crippen LogP contribution in [0.5, 0.6) is 0 Å². The molecular formula is C26H20F2N4O2. The summed E-state index contributed by atoms with van der Waals surface area (Å²) in [6.07, 6.45) is 1.50. The molecule has 0 aliphatic rings. The molecule has 0 aliphatic heterocycles. The molecule has 6 nitrogen and oxygen atoms in total. The maximum absolute atomic E-state index is 14.4. The van der Waals surface area contributed by atoms with Crippen LogP contribution in [0.25, 0.3) is 16.9 Å². The minimum atomic E-state index is -0.687. The van der Waals surface area contributed by atoms with Gasteiger partial charge >= 0.3 is 5.69 Å². The first-order chi connectivity index (χ1) is 16.4. The molecule has 2 heterocycles. The highest BCUT2D eigenvalue weighted by Gasteiger charge is 2.20. The average molecular weight is 458 g/mol. The summed E-state index contributed by atoms with van der Waals surface area (Å²) in [5.74, 6) is -0.979. The maximum Gasteiger partial charge on any atom is 0.337 e. The topological polar surface area (TPSA) is 61.8 Å². The smallest absolute Gasteiger partial charge is 0.320 e. The van der Waals surface area contributed by atoms with E-state index in [2.05, 4.69) is 4.98 Å². The van der Waals surface area contributed by atoms with Gasteiger partial charge in [0.2, 0.25) is 0 Å². The molecule has 0 aliphatic carbocycles. The van der Waals surface area contributed by atoms with Crippen LogP contribution in [0, 0.1) is 18.6 Å². The van der Waals surface area contributed by atoms with Crippen LogP contribution < -0.4 is 11.2 Å². The Bertz CT molecular complexity index is 1610. The summed E-state index contributed by atoms with van der Waals surface area (Å²) < 4.78 is 31.8. The number of aryl methyl sites for hydroxylation is 1. The van der Waals surface area contributed by atoms with Gasteiger partial charge in [0, 0.05) is 12.1 Å². The Morgan fingerprint density at radius 2 is 1.56 bits per heavy atom. The first kappa shape index (κ1) is 21.5. The molecule has 0 bridgehead atoms. The zero-order valence-electron chi connectivity index (χ0n) is 18.3. The highest BCUT2D eigenvalue weighted by Crippen LogP contribution is 2.16. The average Bonchev–Trinajstić information content (AvgIpc) is 3.24. The summed E-state index contributed by atoms with van der Waals surface area (Å²) in [4.78, 5) is 31.4. The van der Waals surface area contributed by atoms with Gasteiger partial charge in [-0.25, -0.2) is 23.1 Å². The van der Waals surface area contributed by atoms with Crippen LogP contribution >= 0.6 is 0 Å². The van der Waals surface area contributed by atoms with Gasteiger partial charge in [-0.15, -0.1) is 0 Å². The van der Waals surface area contributed by atoms with E-state index in [4.69, 9.17) is 0 Å². The van der Waals surface area contributed by atoms with Gasteiger partial charge in [-0.2, -0.15) is 0 Å². The van der Waals surface area contributed by atoms with Gasteiger partial charge in [-0.05, 0) is 42.8 Å². The molecule has 0 radical (unpaired) electrons. The molecule has 0 spiro atoms. The number of benzene rings is 3. The van der Waals surface area contributed by atoms with E-state index in [1.54, 1.807) is 10.6 Å². The number of aromatic nitrogens is 4. The number of hydrogen-bond acceptors (Lipinski definition) is 3. The van der Waals surface area contributed by atoms with Crippen molar-refractivity contribution < 1.29 is 8.78 Å². The van der Waals surface area contributed by atoms with Crippen molar-refractivity contribution in [3.8, 4) is 5.69 Å². The van der Waals surface area contributed by atoms with Crippen LogP contribution in [0.1, 0.15) is 16.7 Å². The molecule has 2 aromatic heterocycles. The molecule has 170 valence electrons. The van der Waals surface area contributed by atoms with E-state index in [1.807, 2.05) is 31.2 Å². The van der Waals surface area contributed by atoms with Crippen molar-refractivity contribution in [1.29, 1.82) is 0 Å². The molecule has 0 atom stereocenters. The second kappa shape index (κ2) is 8.55. The molecule has 0 fully saturated rings. The standard InChI is InChI=1S/C26H20F2N4O2/c1-17-6-8-18(9-7-17)14-30-16-29-24-23(30)25(33)31(15-19-4-2-3-5-22(19)28)26(34)32(24)21-12-10-20(27)11-13-21/h2-13,16H,14-15H2,1H3. The highest BCUT2D eigenvalue weighted by molar-refractivity contribution is 5.72. The lowest BCUT2D eigenvalue weighted by Crippen LogP contribution is -2.40. The molecule has 0 saturated carbocycles. The van der Waals surface area contributed by atoms with E-state index < -0.39 is 22.9 Å². The Hall–Kier alpha value is -4.33. The van der Waals surface area contributed by atoms with Crippen LogP contribution in [-0.4, -0.2) is 18.7 Å². The summed E-state index contributed by atoms with van der Waals surface area (Å²) in [5, 5.41) is 0. The third-order valence-corrected chi connectivity index (χ3v) is 5.74. The largest absolute Gasteiger partial charge is 0.337 e. The molecule has 34 heavy (non-hydrogen) atoms.